The summed E-state index contributed by atoms with van der Waals surface area (Å²) in [6.45, 7) is 0. The molecule has 178 valence electrons. The summed E-state index contributed by atoms with van der Waals surface area (Å²) >= 11 is 12.2. The van der Waals surface area contributed by atoms with Gasteiger partial charge in [-0.2, -0.15) is 9.83 Å². The highest BCUT2D eigenvalue weighted by atomic mass is 35.5. The molecule has 4 aromatic heterocycles. The summed E-state index contributed by atoms with van der Waals surface area (Å²) in [5.41, 5.74) is -0.234. The summed E-state index contributed by atoms with van der Waals surface area (Å²) in [6.07, 6.45) is 6.74. The number of nitrogens with one attached hydrogen (secondary N) is 1. The number of carbonyl (C=O) groups is 1. The van der Waals surface area contributed by atoms with Gasteiger partial charge in [0.1, 0.15) is 5.75 Å². The van der Waals surface area contributed by atoms with Gasteiger partial charge in [0.15, 0.2) is 23.3 Å². The van der Waals surface area contributed by atoms with E-state index >= 15 is 0 Å². The van der Waals surface area contributed by atoms with Gasteiger partial charge in [0.25, 0.3) is 5.91 Å². The monoisotopic (exact) mass is 520 g/mol. The van der Waals surface area contributed by atoms with E-state index in [1.54, 1.807) is 48.5 Å². The van der Waals surface area contributed by atoms with Crippen molar-refractivity contribution in [2.45, 2.75) is 0 Å². The summed E-state index contributed by atoms with van der Waals surface area (Å²) in [5, 5.41) is 18.8. The Morgan fingerprint density at radius 1 is 1.06 bits per heavy atom. The van der Waals surface area contributed by atoms with Crippen molar-refractivity contribution in [3.05, 3.63) is 111 Å². The molecule has 36 heavy (non-hydrogen) atoms. The van der Waals surface area contributed by atoms with Crippen molar-refractivity contribution in [3.63, 3.8) is 0 Å². The van der Waals surface area contributed by atoms with Gasteiger partial charge in [-0.1, -0.05) is 29.3 Å². The smallest absolute Gasteiger partial charge is 0.280 e. The second kappa shape index (κ2) is 9.61. The van der Waals surface area contributed by atoms with Gasteiger partial charge < -0.3 is 15.3 Å². The van der Waals surface area contributed by atoms with Gasteiger partial charge in [-0.05, 0) is 30.3 Å². The van der Waals surface area contributed by atoms with Crippen LogP contribution in [0.4, 0.5) is 5.69 Å². The minimum atomic E-state index is -0.814. The molecule has 0 aliphatic heterocycles. The van der Waals surface area contributed by atoms with Crippen molar-refractivity contribution in [2.75, 3.05) is 5.32 Å². The Balaban J connectivity index is 1.60. The molecule has 5 rings (SSSR count). The van der Waals surface area contributed by atoms with Gasteiger partial charge in [0.2, 0.25) is 11.6 Å². The first kappa shape index (κ1) is 23.2. The quantitative estimate of drug-likeness (QED) is 0.272. The van der Waals surface area contributed by atoms with Crippen molar-refractivity contribution >= 4 is 45.8 Å². The third-order valence-electron chi connectivity index (χ3n) is 5.00. The molecule has 0 bridgehead atoms. The number of halogens is 2. The topological polar surface area (TPSA) is 126 Å². The molecule has 4 heterocycles. The molecule has 0 radical (unpaired) electrons. The third kappa shape index (κ3) is 4.54. The number of pyridine rings is 3. The predicted octanol–water partition coefficient (Wildman–Crippen LogP) is 4.16. The van der Waals surface area contributed by atoms with Crippen molar-refractivity contribution < 1.29 is 14.3 Å². The minimum Gasteiger partial charge on any atom is -0.619 e. The summed E-state index contributed by atoms with van der Waals surface area (Å²) in [7, 11) is 0. The number of aromatic nitrogens is 5. The van der Waals surface area contributed by atoms with E-state index in [4.69, 9.17) is 27.9 Å². The second-order valence-corrected chi connectivity index (χ2v) is 8.21. The summed E-state index contributed by atoms with van der Waals surface area (Å²) in [5.74, 6) is -0.0949. The van der Waals surface area contributed by atoms with Crippen molar-refractivity contribution in [1.82, 2.24) is 19.7 Å². The van der Waals surface area contributed by atoms with E-state index in [0.29, 0.717) is 21.9 Å². The molecule has 0 aliphatic carbocycles. The maximum Gasteiger partial charge on any atom is 0.280 e. The largest absolute Gasteiger partial charge is 0.619 e. The number of anilines is 1. The highest BCUT2D eigenvalue weighted by Gasteiger charge is 2.21. The van der Waals surface area contributed by atoms with Crippen molar-refractivity contribution in [2.24, 2.45) is 0 Å². The Hall–Kier alpha value is -4.54. The maximum absolute atomic E-state index is 13.1. The molecule has 1 amide bonds. The number of benzene rings is 1. The van der Waals surface area contributed by atoms with E-state index in [9.17, 15) is 14.8 Å². The first-order valence-corrected chi connectivity index (χ1v) is 11.1. The molecule has 0 saturated heterocycles. The number of rotatable bonds is 5. The van der Waals surface area contributed by atoms with E-state index in [1.165, 1.54) is 35.7 Å². The lowest BCUT2D eigenvalue weighted by Crippen LogP contribution is -2.27. The van der Waals surface area contributed by atoms with Crippen LogP contribution in [0.2, 0.25) is 10.0 Å². The minimum absolute atomic E-state index is 0.101. The van der Waals surface area contributed by atoms with Crippen LogP contribution in [0, 0.1) is 5.21 Å². The number of amides is 1. The zero-order valence-corrected chi connectivity index (χ0v) is 19.6. The van der Waals surface area contributed by atoms with E-state index < -0.39 is 17.0 Å². The number of nitrogens with zero attached hydrogens (tertiary/aromatic N) is 5. The van der Waals surface area contributed by atoms with E-state index in [0.717, 1.165) is 0 Å². The van der Waals surface area contributed by atoms with Crippen molar-refractivity contribution in [1.29, 1.82) is 0 Å². The summed E-state index contributed by atoms with van der Waals surface area (Å²) in [4.78, 5) is 34.4. The number of ether oxygens (including phenoxy) is 1. The van der Waals surface area contributed by atoms with E-state index in [1.807, 2.05) is 0 Å². The van der Waals surface area contributed by atoms with Crippen LogP contribution in [0.15, 0.2) is 84.3 Å². The van der Waals surface area contributed by atoms with Crippen LogP contribution in [0.1, 0.15) is 10.5 Å². The molecule has 5 aromatic rings. The third-order valence-corrected chi connectivity index (χ3v) is 5.57. The lowest BCUT2D eigenvalue weighted by Gasteiger charge is -2.13. The predicted molar refractivity (Wildman–Crippen MR) is 133 cm³/mol. The first-order valence-electron chi connectivity index (χ1n) is 10.4. The summed E-state index contributed by atoms with van der Waals surface area (Å²) < 4.78 is 7.75. The van der Waals surface area contributed by atoms with Gasteiger partial charge in [0.05, 0.1) is 26.8 Å². The lowest BCUT2D eigenvalue weighted by atomic mass is 10.2. The SMILES string of the molecule is O=C(Nc1c(Cl)cncc1Cl)c1nn(-c2cccc(Oc3ccc[n+]([O-])c3)c2)c2ncccc2c1=O. The van der Waals surface area contributed by atoms with Crippen LogP contribution >= 0.6 is 23.2 Å². The molecule has 0 spiro atoms. The Morgan fingerprint density at radius 3 is 2.61 bits per heavy atom. The van der Waals surface area contributed by atoms with Crippen LogP contribution in [-0.2, 0) is 0 Å². The second-order valence-electron chi connectivity index (χ2n) is 7.40. The maximum atomic E-state index is 13.1. The lowest BCUT2D eigenvalue weighted by molar-refractivity contribution is -0.605. The fourth-order valence-electron chi connectivity index (χ4n) is 3.40. The molecule has 1 aromatic carbocycles. The Labute approximate surface area is 212 Å². The van der Waals surface area contributed by atoms with Crippen LogP contribution < -0.4 is 20.2 Å². The Morgan fingerprint density at radius 2 is 1.83 bits per heavy atom. The van der Waals surface area contributed by atoms with Gasteiger partial charge in [-0.25, -0.2) is 9.67 Å². The number of hydrogen-bond acceptors (Lipinski definition) is 7. The molecule has 1 N–H and O–H groups in total. The highest BCUT2D eigenvalue weighted by molar-refractivity contribution is 6.39. The Bertz CT molecular complexity index is 1670. The molecule has 0 aliphatic rings. The normalized spacial score (nSPS) is 10.8. The first-order chi connectivity index (χ1) is 17.4. The van der Waals surface area contributed by atoms with Crippen LogP contribution in [-0.4, -0.2) is 25.7 Å². The highest BCUT2D eigenvalue weighted by Crippen LogP contribution is 2.29. The van der Waals surface area contributed by atoms with Crippen molar-refractivity contribution in [3.8, 4) is 17.2 Å². The van der Waals surface area contributed by atoms with Gasteiger partial charge in [-0.3, -0.25) is 14.6 Å². The van der Waals surface area contributed by atoms with E-state index in [2.05, 4.69) is 20.4 Å². The van der Waals surface area contributed by atoms with Gasteiger partial charge >= 0.3 is 0 Å². The van der Waals surface area contributed by atoms with Gasteiger partial charge in [0, 0.05) is 30.7 Å². The molecule has 0 saturated carbocycles. The molecule has 0 unspecified atom stereocenters. The fraction of sp³-hybridized carbons (Fsp3) is 0. The van der Waals surface area contributed by atoms with Crippen LogP contribution in [0.25, 0.3) is 16.7 Å². The molecule has 0 atom stereocenters. The summed E-state index contributed by atoms with van der Waals surface area (Å²) in [6, 6.07) is 13.0. The average Bonchev–Trinajstić information content (AvgIpc) is 2.87. The zero-order chi connectivity index (χ0) is 25.2. The molecular weight excluding hydrogens is 507 g/mol. The average molecular weight is 521 g/mol. The molecule has 10 nitrogen and oxygen atoms in total. The number of fused-ring (bicyclic) bond motifs is 1. The molecule has 0 fully saturated rings. The Kier molecular flexibility index (Phi) is 6.19. The number of carbonyl (C=O) groups excluding carboxylic acids is 1. The van der Waals surface area contributed by atoms with Gasteiger partial charge in [-0.15, -0.1) is 0 Å². The standard InChI is InChI=1S/C24H14Cl2N6O4/c25-18-11-27-12-19(26)20(18)29-24(34)21-22(33)17-7-2-8-28-23(17)32(30-21)14-4-1-5-15(10-14)36-16-6-3-9-31(35)13-16/h1-13H,(H,27,29,34). The molecular formula is C24H14Cl2N6O4. The number of hydrogen-bond donors (Lipinski definition) is 1. The molecule has 12 heteroatoms. The zero-order valence-electron chi connectivity index (χ0n) is 18.1. The fourth-order valence-corrected chi connectivity index (χ4v) is 3.86. The van der Waals surface area contributed by atoms with E-state index in [-0.39, 0.29) is 26.8 Å². The van der Waals surface area contributed by atoms with Crippen LogP contribution in [0.5, 0.6) is 11.5 Å². The van der Waals surface area contributed by atoms with Crippen LogP contribution in [0.3, 0.4) is 0 Å².